The highest BCUT2D eigenvalue weighted by atomic mass is 16.5. The number of ether oxygens (including phenoxy) is 4. The van der Waals surface area contributed by atoms with Gasteiger partial charge in [0.15, 0.2) is 0 Å². The number of hydrogen-bond acceptors (Lipinski definition) is 6. The molecule has 8 nitrogen and oxygen atoms in total. The molecule has 2 N–H and O–H groups in total. The van der Waals surface area contributed by atoms with Gasteiger partial charge in [0.25, 0.3) is 0 Å². The van der Waals surface area contributed by atoms with E-state index in [0.717, 1.165) is 33.4 Å². The third-order valence-corrected chi connectivity index (χ3v) is 7.37. The standard InChI is InChI=1S/C34H33NO7/c1-39-24-17-18-29(31(20-24)40-2)33(22-13-15-23(16-14-22)41-19-7-12-32(36)37)35-34(38)42-21-30-27-10-5-3-8-25(27)26-9-4-6-11-28(26)30/h3-6,8-11,13-18,20,30,33H,7,12,19,21H2,1-2H3,(H,35,38)(H,36,37)/t33-/m1/s1. The van der Waals surface area contributed by atoms with E-state index in [0.29, 0.717) is 30.3 Å². The number of carboxylic acid groups (broad SMARTS) is 1. The van der Waals surface area contributed by atoms with Crippen LogP contribution in [0, 0.1) is 0 Å². The normalized spacial score (nSPS) is 12.5. The van der Waals surface area contributed by atoms with Crippen LogP contribution in [0.15, 0.2) is 91.0 Å². The number of methoxy groups -OCH3 is 2. The molecule has 4 aromatic carbocycles. The third-order valence-electron chi connectivity index (χ3n) is 7.37. The van der Waals surface area contributed by atoms with Crippen molar-refractivity contribution in [3.05, 3.63) is 113 Å². The summed E-state index contributed by atoms with van der Waals surface area (Å²) in [5.41, 5.74) is 6.10. The molecule has 1 aliphatic carbocycles. The zero-order chi connectivity index (χ0) is 29.5. The van der Waals surface area contributed by atoms with Crippen LogP contribution in [0.3, 0.4) is 0 Å². The van der Waals surface area contributed by atoms with Gasteiger partial charge in [0.1, 0.15) is 23.9 Å². The molecule has 0 bridgehead atoms. The van der Waals surface area contributed by atoms with E-state index in [1.807, 2.05) is 48.5 Å². The van der Waals surface area contributed by atoms with Gasteiger partial charge in [-0.15, -0.1) is 0 Å². The third kappa shape index (κ3) is 6.33. The molecule has 0 radical (unpaired) electrons. The molecule has 0 unspecified atom stereocenters. The lowest BCUT2D eigenvalue weighted by atomic mass is 9.97. The van der Waals surface area contributed by atoms with Gasteiger partial charge in [-0.3, -0.25) is 4.79 Å². The molecule has 0 fully saturated rings. The Bertz CT molecular complexity index is 1500. The number of fused-ring (bicyclic) bond motifs is 3. The second-order valence-electron chi connectivity index (χ2n) is 9.93. The maximum atomic E-state index is 13.3. The molecular formula is C34H33NO7. The number of carbonyl (C=O) groups excluding carboxylic acids is 1. The van der Waals surface area contributed by atoms with Crippen molar-refractivity contribution < 1.29 is 33.6 Å². The molecule has 4 aromatic rings. The predicted octanol–water partition coefficient (Wildman–Crippen LogP) is 6.58. The van der Waals surface area contributed by atoms with Crippen LogP contribution < -0.4 is 19.5 Å². The van der Waals surface area contributed by atoms with Crippen LogP contribution in [0.2, 0.25) is 0 Å². The molecular weight excluding hydrogens is 534 g/mol. The minimum atomic E-state index is -0.857. The fourth-order valence-electron chi connectivity index (χ4n) is 5.33. The Kier molecular flexibility index (Phi) is 8.92. The van der Waals surface area contributed by atoms with E-state index in [9.17, 15) is 9.59 Å². The van der Waals surface area contributed by atoms with Crippen LogP contribution in [0.5, 0.6) is 17.2 Å². The molecule has 0 spiro atoms. The number of amides is 1. The fraction of sp³-hybridized carbons (Fsp3) is 0.235. The maximum absolute atomic E-state index is 13.3. The van der Waals surface area contributed by atoms with Crippen LogP contribution in [-0.2, 0) is 9.53 Å². The molecule has 42 heavy (non-hydrogen) atoms. The Balaban J connectivity index is 1.35. The molecule has 0 saturated heterocycles. The van der Waals surface area contributed by atoms with Gasteiger partial charge in [-0.2, -0.15) is 0 Å². The number of alkyl carbamates (subject to hydrolysis) is 1. The summed E-state index contributed by atoms with van der Waals surface area (Å²) in [4.78, 5) is 24.1. The van der Waals surface area contributed by atoms with E-state index < -0.39 is 18.1 Å². The van der Waals surface area contributed by atoms with E-state index in [1.54, 1.807) is 32.4 Å². The minimum absolute atomic E-state index is 0.0431. The van der Waals surface area contributed by atoms with Crippen molar-refractivity contribution in [2.45, 2.75) is 24.8 Å². The van der Waals surface area contributed by atoms with E-state index in [1.165, 1.54) is 0 Å². The summed E-state index contributed by atoms with van der Waals surface area (Å²) in [6.45, 7) is 0.481. The lowest BCUT2D eigenvalue weighted by molar-refractivity contribution is -0.137. The first-order valence-electron chi connectivity index (χ1n) is 13.8. The number of hydrogen-bond donors (Lipinski definition) is 2. The first kappa shape index (κ1) is 28.5. The van der Waals surface area contributed by atoms with E-state index in [4.69, 9.17) is 24.1 Å². The lowest BCUT2D eigenvalue weighted by Gasteiger charge is -2.23. The van der Waals surface area contributed by atoms with Gasteiger partial charge in [0.05, 0.1) is 26.9 Å². The highest BCUT2D eigenvalue weighted by Gasteiger charge is 2.30. The van der Waals surface area contributed by atoms with Crippen LogP contribution in [0.1, 0.15) is 47.1 Å². The lowest BCUT2D eigenvalue weighted by Crippen LogP contribution is -2.31. The van der Waals surface area contributed by atoms with E-state index in [2.05, 4.69) is 29.6 Å². The number of aliphatic carboxylic acids is 1. The monoisotopic (exact) mass is 567 g/mol. The van der Waals surface area contributed by atoms with Crippen molar-refractivity contribution in [1.82, 2.24) is 5.32 Å². The van der Waals surface area contributed by atoms with Gasteiger partial charge < -0.3 is 29.4 Å². The average molecular weight is 568 g/mol. The molecule has 1 atom stereocenters. The summed E-state index contributed by atoms with van der Waals surface area (Å²) in [6.07, 6.45) is -0.109. The molecule has 0 aliphatic heterocycles. The zero-order valence-corrected chi connectivity index (χ0v) is 23.5. The average Bonchev–Trinajstić information content (AvgIpc) is 3.34. The van der Waals surface area contributed by atoms with Gasteiger partial charge >= 0.3 is 12.1 Å². The van der Waals surface area contributed by atoms with Crippen LogP contribution in [-0.4, -0.2) is 44.6 Å². The van der Waals surface area contributed by atoms with Crippen molar-refractivity contribution in [3.63, 3.8) is 0 Å². The second kappa shape index (κ2) is 13.1. The van der Waals surface area contributed by atoms with Gasteiger partial charge in [-0.25, -0.2) is 4.79 Å². The van der Waals surface area contributed by atoms with Gasteiger partial charge in [0.2, 0.25) is 0 Å². The first-order valence-corrected chi connectivity index (χ1v) is 13.8. The summed E-state index contributed by atoms with van der Waals surface area (Å²) >= 11 is 0. The highest BCUT2D eigenvalue weighted by molar-refractivity contribution is 5.79. The Labute approximate surface area is 244 Å². The van der Waals surface area contributed by atoms with Crippen LogP contribution >= 0.6 is 0 Å². The van der Waals surface area contributed by atoms with Crippen molar-refractivity contribution in [1.29, 1.82) is 0 Å². The Morgan fingerprint density at radius 3 is 2.10 bits per heavy atom. The maximum Gasteiger partial charge on any atom is 0.407 e. The smallest absolute Gasteiger partial charge is 0.407 e. The molecule has 8 heteroatoms. The Morgan fingerprint density at radius 2 is 1.48 bits per heavy atom. The SMILES string of the molecule is COc1ccc([C@H](NC(=O)OCC2c3ccccc3-c3ccccc32)c2ccc(OCCCC(=O)O)cc2)c(OC)c1. The molecule has 0 saturated carbocycles. The Hall–Kier alpha value is -4.98. The van der Waals surface area contributed by atoms with Crippen molar-refractivity contribution in [2.75, 3.05) is 27.4 Å². The topological polar surface area (TPSA) is 103 Å². The van der Waals surface area contributed by atoms with E-state index in [-0.39, 0.29) is 18.9 Å². The summed E-state index contributed by atoms with van der Waals surface area (Å²) in [7, 11) is 3.15. The van der Waals surface area contributed by atoms with E-state index >= 15 is 0 Å². The van der Waals surface area contributed by atoms with Crippen molar-refractivity contribution in [2.24, 2.45) is 0 Å². The molecule has 216 valence electrons. The predicted molar refractivity (Wildman–Crippen MR) is 158 cm³/mol. The van der Waals surface area contributed by atoms with Crippen molar-refractivity contribution >= 4 is 12.1 Å². The number of carboxylic acids is 1. The minimum Gasteiger partial charge on any atom is -0.497 e. The second-order valence-corrected chi connectivity index (χ2v) is 9.93. The summed E-state index contributed by atoms with van der Waals surface area (Å²) in [5, 5.41) is 11.9. The zero-order valence-electron chi connectivity index (χ0n) is 23.5. The van der Waals surface area contributed by atoms with Gasteiger partial charge in [0, 0.05) is 24.0 Å². The molecule has 5 rings (SSSR count). The number of benzene rings is 4. The molecule has 1 aliphatic rings. The number of nitrogens with one attached hydrogen (secondary N) is 1. The molecule has 0 heterocycles. The van der Waals surface area contributed by atoms with Gasteiger partial charge in [-0.05, 0) is 58.5 Å². The summed E-state index contributed by atoms with van der Waals surface area (Å²) in [6, 6.07) is 28.5. The van der Waals surface area contributed by atoms with Crippen molar-refractivity contribution in [3.8, 4) is 28.4 Å². The molecule has 0 aromatic heterocycles. The number of rotatable bonds is 12. The quantitative estimate of drug-likeness (QED) is 0.187. The fourth-order valence-corrected chi connectivity index (χ4v) is 5.33. The first-order chi connectivity index (χ1) is 20.5. The largest absolute Gasteiger partial charge is 0.497 e. The Morgan fingerprint density at radius 1 is 0.833 bits per heavy atom. The highest BCUT2D eigenvalue weighted by Crippen LogP contribution is 2.44. The number of carbonyl (C=O) groups is 2. The summed E-state index contributed by atoms with van der Waals surface area (Å²) < 4.78 is 22.6. The van der Waals surface area contributed by atoms with Crippen LogP contribution in [0.4, 0.5) is 4.79 Å². The van der Waals surface area contributed by atoms with Crippen LogP contribution in [0.25, 0.3) is 11.1 Å². The summed E-state index contributed by atoms with van der Waals surface area (Å²) in [5.74, 6) is 0.859. The van der Waals surface area contributed by atoms with Gasteiger partial charge in [-0.1, -0.05) is 60.7 Å². The molecule has 1 amide bonds.